The lowest BCUT2D eigenvalue weighted by atomic mass is 9.94. The van der Waals surface area contributed by atoms with E-state index in [4.69, 9.17) is 0 Å². The van der Waals surface area contributed by atoms with E-state index >= 15 is 0 Å². The Bertz CT molecular complexity index is 725. The van der Waals surface area contributed by atoms with Crippen LogP contribution in [0.4, 0.5) is 5.69 Å². The number of rotatable bonds is 7. The lowest BCUT2D eigenvalue weighted by Gasteiger charge is -2.32. The highest BCUT2D eigenvalue weighted by Crippen LogP contribution is 2.14. The van der Waals surface area contributed by atoms with E-state index in [2.05, 4.69) is 22.1 Å². The molecule has 1 aliphatic rings. The molecule has 144 valence electrons. The molecule has 2 aromatic rings. The van der Waals surface area contributed by atoms with Gasteiger partial charge in [0, 0.05) is 35.9 Å². The second-order valence-electron chi connectivity index (χ2n) is 7.13. The average molecular weight is 387 g/mol. The number of para-hydroxylation sites is 1. The molecule has 3 rings (SSSR count). The standard InChI is InChI=1S/C21H27N3O2S/c1-16(20(25)22-12-9-19-8-5-15-27-19)24-13-10-17(11-14-24)21(26)23-18-6-3-2-4-7-18/h2-8,15-17H,9-14H2,1H3,(H,22,25)(H,23,26)/p+1/t16-/m1/s1. The second kappa shape index (κ2) is 9.67. The summed E-state index contributed by atoms with van der Waals surface area (Å²) >= 11 is 1.72. The van der Waals surface area contributed by atoms with E-state index in [0.29, 0.717) is 6.54 Å². The number of amides is 2. The minimum atomic E-state index is -0.0773. The number of quaternary nitrogens is 1. The van der Waals surface area contributed by atoms with Crippen molar-refractivity contribution in [3.63, 3.8) is 0 Å². The number of nitrogens with one attached hydrogen (secondary N) is 3. The maximum Gasteiger partial charge on any atom is 0.278 e. The maximum absolute atomic E-state index is 12.4. The molecule has 3 N–H and O–H groups in total. The van der Waals surface area contributed by atoms with Crippen molar-refractivity contribution in [1.29, 1.82) is 0 Å². The van der Waals surface area contributed by atoms with Crippen molar-refractivity contribution in [3.8, 4) is 0 Å². The van der Waals surface area contributed by atoms with Crippen LogP contribution in [0.3, 0.4) is 0 Å². The highest BCUT2D eigenvalue weighted by atomic mass is 32.1. The Kier molecular flexibility index (Phi) is 7.01. The summed E-state index contributed by atoms with van der Waals surface area (Å²) < 4.78 is 0. The van der Waals surface area contributed by atoms with E-state index in [0.717, 1.165) is 38.0 Å². The first-order chi connectivity index (χ1) is 13.1. The highest BCUT2D eigenvalue weighted by molar-refractivity contribution is 7.09. The lowest BCUT2D eigenvalue weighted by Crippen LogP contribution is -3.17. The fraction of sp³-hybridized carbons (Fsp3) is 0.429. The van der Waals surface area contributed by atoms with Crippen LogP contribution in [0.15, 0.2) is 47.8 Å². The Labute approximate surface area is 164 Å². The summed E-state index contributed by atoms with van der Waals surface area (Å²) in [6.07, 6.45) is 2.52. The van der Waals surface area contributed by atoms with Gasteiger partial charge >= 0.3 is 0 Å². The van der Waals surface area contributed by atoms with Gasteiger partial charge in [0.15, 0.2) is 6.04 Å². The van der Waals surface area contributed by atoms with E-state index in [1.54, 1.807) is 11.3 Å². The Morgan fingerprint density at radius 1 is 1.15 bits per heavy atom. The van der Waals surface area contributed by atoms with Crippen molar-refractivity contribution in [2.45, 2.75) is 32.2 Å². The van der Waals surface area contributed by atoms with Crippen molar-refractivity contribution in [1.82, 2.24) is 5.32 Å². The van der Waals surface area contributed by atoms with Crippen molar-refractivity contribution in [3.05, 3.63) is 52.7 Å². The minimum absolute atomic E-state index is 0.0306. The first-order valence-corrected chi connectivity index (χ1v) is 10.5. The van der Waals surface area contributed by atoms with Crippen LogP contribution in [0.1, 0.15) is 24.6 Å². The fourth-order valence-electron chi connectivity index (χ4n) is 3.55. The van der Waals surface area contributed by atoms with Crippen molar-refractivity contribution < 1.29 is 14.5 Å². The van der Waals surface area contributed by atoms with Gasteiger partial charge in [0.2, 0.25) is 5.91 Å². The Balaban J connectivity index is 1.39. The molecule has 0 bridgehead atoms. The SMILES string of the molecule is C[C@H](C(=O)NCCc1cccs1)[NH+]1CCC(C(=O)Nc2ccccc2)CC1. The van der Waals surface area contributed by atoms with Crippen molar-refractivity contribution in [2.24, 2.45) is 5.92 Å². The molecule has 1 saturated heterocycles. The summed E-state index contributed by atoms with van der Waals surface area (Å²) in [5, 5.41) is 8.10. The third-order valence-corrected chi connectivity index (χ3v) is 6.23. The summed E-state index contributed by atoms with van der Waals surface area (Å²) in [7, 11) is 0. The van der Waals surface area contributed by atoms with E-state index in [-0.39, 0.29) is 23.8 Å². The van der Waals surface area contributed by atoms with Crippen LogP contribution in [-0.2, 0) is 16.0 Å². The Hall–Kier alpha value is -2.18. The van der Waals surface area contributed by atoms with Gasteiger partial charge in [0.25, 0.3) is 5.91 Å². The van der Waals surface area contributed by atoms with Gasteiger partial charge in [0.05, 0.1) is 13.1 Å². The van der Waals surface area contributed by atoms with Crippen LogP contribution < -0.4 is 15.5 Å². The van der Waals surface area contributed by atoms with Crippen LogP contribution in [-0.4, -0.2) is 37.5 Å². The molecular formula is C21H28N3O2S+. The number of thiophene rings is 1. The topological polar surface area (TPSA) is 62.6 Å². The molecule has 0 spiro atoms. The monoisotopic (exact) mass is 386 g/mol. The van der Waals surface area contributed by atoms with Crippen LogP contribution >= 0.6 is 11.3 Å². The molecule has 6 heteroatoms. The Morgan fingerprint density at radius 2 is 1.89 bits per heavy atom. The summed E-state index contributed by atoms with van der Waals surface area (Å²) in [5.41, 5.74) is 0.843. The maximum atomic E-state index is 12.4. The number of piperidine rings is 1. The number of anilines is 1. The zero-order valence-corrected chi connectivity index (χ0v) is 16.6. The summed E-state index contributed by atoms with van der Waals surface area (Å²) in [5.74, 6) is 0.227. The van der Waals surface area contributed by atoms with Crippen LogP contribution in [0.25, 0.3) is 0 Å². The quantitative estimate of drug-likeness (QED) is 0.679. The summed E-state index contributed by atoms with van der Waals surface area (Å²) in [6, 6.07) is 13.6. The van der Waals surface area contributed by atoms with E-state index in [9.17, 15) is 9.59 Å². The molecule has 0 unspecified atom stereocenters. The molecule has 2 amide bonds. The molecule has 1 aromatic heterocycles. The first-order valence-electron chi connectivity index (χ1n) is 9.64. The number of likely N-dealkylation sites (tertiary alicyclic amines) is 1. The predicted molar refractivity (Wildman–Crippen MR) is 109 cm³/mol. The minimum Gasteiger partial charge on any atom is -0.351 e. The van der Waals surface area contributed by atoms with Gasteiger partial charge in [-0.1, -0.05) is 24.3 Å². The number of hydrogen-bond donors (Lipinski definition) is 3. The summed E-state index contributed by atoms with van der Waals surface area (Å²) in [6.45, 7) is 4.37. The van der Waals surface area contributed by atoms with Gasteiger partial charge in [-0.05, 0) is 36.9 Å². The van der Waals surface area contributed by atoms with Crippen LogP contribution in [0, 0.1) is 5.92 Å². The first kappa shape index (κ1) is 19.6. The molecule has 1 fully saturated rings. The molecule has 2 heterocycles. The average Bonchev–Trinajstić information content (AvgIpc) is 3.21. The van der Waals surface area contributed by atoms with Gasteiger partial charge in [0.1, 0.15) is 0 Å². The predicted octanol–water partition coefficient (Wildman–Crippen LogP) is 1.73. The molecule has 1 aliphatic heterocycles. The molecule has 0 saturated carbocycles. The van der Waals surface area contributed by atoms with Gasteiger partial charge in [-0.2, -0.15) is 0 Å². The lowest BCUT2D eigenvalue weighted by molar-refractivity contribution is -0.919. The normalized spacial score (nSPS) is 20.6. The van der Waals surface area contributed by atoms with Crippen LogP contribution in [0.5, 0.6) is 0 Å². The molecule has 0 aliphatic carbocycles. The highest BCUT2D eigenvalue weighted by Gasteiger charge is 2.32. The van der Waals surface area contributed by atoms with Gasteiger partial charge in [-0.25, -0.2) is 0 Å². The molecule has 27 heavy (non-hydrogen) atoms. The molecule has 1 atom stereocenters. The fourth-order valence-corrected chi connectivity index (χ4v) is 4.26. The zero-order chi connectivity index (χ0) is 19.1. The van der Waals surface area contributed by atoms with E-state index in [1.165, 1.54) is 9.78 Å². The number of carbonyl (C=O) groups excluding carboxylic acids is 2. The zero-order valence-electron chi connectivity index (χ0n) is 15.7. The Morgan fingerprint density at radius 3 is 2.56 bits per heavy atom. The van der Waals surface area contributed by atoms with Gasteiger partial charge < -0.3 is 15.5 Å². The summed E-state index contributed by atoms with van der Waals surface area (Å²) in [4.78, 5) is 27.4. The molecule has 5 nitrogen and oxygen atoms in total. The van der Waals surface area contributed by atoms with Crippen LogP contribution in [0.2, 0.25) is 0 Å². The molecular weight excluding hydrogens is 358 g/mol. The second-order valence-corrected chi connectivity index (χ2v) is 8.16. The molecule has 0 radical (unpaired) electrons. The third kappa shape index (κ3) is 5.65. The third-order valence-electron chi connectivity index (χ3n) is 5.30. The largest absolute Gasteiger partial charge is 0.351 e. The van der Waals surface area contributed by atoms with E-state index in [1.807, 2.05) is 43.3 Å². The van der Waals surface area contributed by atoms with Gasteiger partial charge in [-0.3, -0.25) is 9.59 Å². The number of carbonyl (C=O) groups is 2. The smallest absolute Gasteiger partial charge is 0.278 e. The van der Waals surface area contributed by atoms with E-state index < -0.39 is 0 Å². The van der Waals surface area contributed by atoms with Crippen molar-refractivity contribution in [2.75, 3.05) is 25.0 Å². The van der Waals surface area contributed by atoms with Gasteiger partial charge in [-0.15, -0.1) is 11.3 Å². The van der Waals surface area contributed by atoms with Crippen molar-refractivity contribution >= 4 is 28.8 Å². The number of benzene rings is 1. The molecule has 1 aromatic carbocycles. The number of hydrogen-bond acceptors (Lipinski definition) is 3.